The molecule has 0 aromatic rings. The molecule has 1 aliphatic rings. The predicted molar refractivity (Wildman–Crippen MR) is 428 cm³/mol. The van der Waals surface area contributed by atoms with Gasteiger partial charge >= 0.3 is 18.2 Å². The molecule has 0 radical (unpaired) electrons. The SMILES string of the molecule is CCCCC/C=C/C/C=C/CCCCCCCCC(CCCCCCCC/C=C/C/C=C/CCCCC)OC(=O)NCCCCC(NC(=O)OC(CCCCCCCC/C=C/C/C=C/CCCCC)CCCCCCCC/C=C/C/C=C/CCCCC)C(=O)OCCCN1CCOCC1. The number of unbranched alkanes of at least 4 members (excludes halogenated alkanes) is 37. The van der Waals surface area contributed by atoms with Crippen LogP contribution >= 0.6 is 0 Å². The first-order chi connectivity index (χ1) is 48.9. The summed E-state index contributed by atoms with van der Waals surface area (Å²) in [5, 5.41) is 6.03. The van der Waals surface area contributed by atoms with E-state index in [9.17, 15) is 14.4 Å². The zero-order valence-electron chi connectivity index (χ0n) is 65.3. The highest BCUT2D eigenvalue weighted by Crippen LogP contribution is 2.21. The van der Waals surface area contributed by atoms with Crippen LogP contribution in [-0.2, 0) is 23.7 Å². The lowest BCUT2D eigenvalue weighted by atomic mass is 10.0. The molecule has 1 atom stereocenters. The minimum Gasteiger partial charge on any atom is -0.464 e. The van der Waals surface area contributed by atoms with Gasteiger partial charge in [-0.1, -0.05) is 279 Å². The van der Waals surface area contributed by atoms with Gasteiger partial charge in [0.25, 0.3) is 0 Å². The highest BCUT2D eigenvalue weighted by Gasteiger charge is 2.25. The molecule has 1 rings (SSSR count). The number of allylic oxidation sites excluding steroid dienone is 16. The maximum Gasteiger partial charge on any atom is 0.408 e. The van der Waals surface area contributed by atoms with Crippen molar-refractivity contribution in [2.45, 2.75) is 406 Å². The van der Waals surface area contributed by atoms with Gasteiger partial charge in [0.15, 0.2) is 0 Å². The van der Waals surface area contributed by atoms with Gasteiger partial charge in [-0.25, -0.2) is 14.4 Å². The first-order valence-corrected chi connectivity index (χ1v) is 42.5. The molecule has 0 aromatic carbocycles. The largest absolute Gasteiger partial charge is 0.464 e. The van der Waals surface area contributed by atoms with Crippen molar-refractivity contribution in [3.8, 4) is 0 Å². The maximum atomic E-state index is 13.9. The highest BCUT2D eigenvalue weighted by atomic mass is 16.6. The van der Waals surface area contributed by atoms with Gasteiger partial charge in [0.2, 0.25) is 0 Å². The average Bonchev–Trinajstić information content (AvgIpc) is 1.21. The summed E-state index contributed by atoms with van der Waals surface area (Å²) in [6, 6.07) is -0.843. The quantitative estimate of drug-likeness (QED) is 0.0268. The zero-order valence-corrected chi connectivity index (χ0v) is 65.3. The Morgan fingerprint density at radius 2 is 0.636 bits per heavy atom. The van der Waals surface area contributed by atoms with Crippen LogP contribution in [0, 0.1) is 0 Å². The van der Waals surface area contributed by atoms with Crippen LogP contribution in [0.15, 0.2) is 97.2 Å². The van der Waals surface area contributed by atoms with Crippen LogP contribution in [0.3, 0.4) is 0 Å². The summed E-state index contributed by atoms with van der Waals surface area (Å²) in [6.07, 6.45) is 99.5. The summed E-state index contributed by atoms with van der Waals surface area (Å²) >= 11 is 0. The molecular formula is C89H159N3O7. The number of nitrogens with zero attached hydrogens (tertiary/aromatic N) is 1. The normalized spacial score (nSPS) is 13.7. The lowest BCUT2D eigenvalue weighted by Gasteiger charge is -2.26. The van der Waals surface area contributed by atoms with Crippen molar-refractivity contribution in [2.75, 3.05) is 46.0 Å². The Morgan fingerprint density at radius 1 is 0.343 bits per heavy atom. The van der Waals surface area contributed by atoms with Crippen molar-refractivity contribution in [1.82, 2.24) is 15.5 Å². The number of amides is 2. The Morgan fingerprint density at radius 3 is 0.970 bits per heavy atom. The van der Waals surface area contributed by atoms with E-state index in [2.05, 4.69) is 140 Å². The second-order valence-electron chi connectivity index (χ2n) is 28.6. The van der Waals surface area contributed by atoms with Crippen LogP contribution in [0.2, 0.25) is 0 Å². The summed E-state index contributed by atoms with van der Waals surface area (Å²) < 4.78 is 23.9. The van der Waals surface area contributed by atoms with Crippen LogP contribution < -0.4 is 10.6 Å². The molecule has 572 valence electrons. The topological polar surface area (TPSA) is 115 Å². The van der Waals surface area contributed by atoms with Crippen LogP contribution in [0.25, 0.3) is 0 Å². The number of hydrogen-bond donors (Lipinski definition) is 2. The third-order valence-electron chi connectivity index (χ3n) is 19.2. The first kappa shape index (κ1) is 92.9. The maximum absolute atomic E-state index is 13.9. The highest BCUT2D eigenvalue weighted by molar-refractivity contribution is 5.81. The molecule has 0 saturated carbocycles. The molecule has 1 saturated heterocycles. The van der Waals surface area contributed by atoms with Crippen LogP contribution in [-0.4, -0.2) is 87.3 Å². The molecule has 1 aliphatic heterocycles. The zero-order chi connectivity index (χ0) is 71.1. The molecule has 2 amide bonds. The number of carbonyl (C=O) groups excluding carboxylic acids is 3. The molecular weight excluding hydrogens is 1220 g/mol. The smallest absolute Gasteiger partial charge is 0.408 e. The third-order valence-corrected chi connectivity index (χ3v) is 19.2. The summed E-state index contributed by atoms with van der Waals surface area (Å²) in [5.41, 5.74) is 0. The number of nitrogens with one attached hydrogen (secondary N) is 2. The van der Waals surface area contributed by atoms with E-state index < -0.39 is 18.1 Å². The molecule has 0 bridgehead atoms. The fourth-order valence-corrected chi connectivity index (χ4v) is 12.8. The molecule has 10 heteroatoms. The predicted octanol–water partition coefficient (Wildman–Crippen LogP) is 26.8. The van der Waals surface area contributed by atoms with Crippen LogP contribution in [0.1, 0.15) is 387 Å². The molecule has 0 spiro atoms. The fourth-order valence-electron chi connectivity index (χ4n) is 12.8. The van der Waals surface area contributed by atoms with Gasteiger partial charge < -0.3 is 29.6 Å². The third kappa shape index (κ3) is 69.3. The van der Waals surface area contributed by atoms with E-state index in [4.69, 9.17) is 18.9 Å². The fraction of sp³-hybridized carbons (Fsp3) is 0.787. The number of rotatable bonds is 73. The summed E-state index contributed by atoms with van der Waals surface area (Å²) in [7, 11) is 0. The number of ether oxygens (including phenoxy) is 4. The van der Waals surface area contributed by atoms with Crippen molar-refractivity contribution < 1.29 is 33.3 Å². The Balaban J connectivity index is 2.87. The van der Waals surface area contributed by atoms with E-state index in [0.29, 0.717) is 32.2 Å². The first-order valence-electron chi connectivity index (χ1n) is 42.5. The van der Waals surface area contributed by atoms with Gasteiger partial charge in [-0.05, 0) is 205 Å². The summed E-state index contributed by atoms with van der Waals surface area (Å²) in [5.74, 6) is -0.427. The van der Waals surface area contributed by atoms with Gasteiger partial charge in [0.05, 0.1) is 19.8 Å². The van der Waals surface area contributed by atoms with E-state index in [1.54, 1.807) is 0 Å². The van der Waals surface area contributed by atoms with E-state index in [0.717, 1.165) is 161 Å². The number of hydrogen-bond acceptors (Lipinski definition) is 8. The second kappa shape index (κ2) is 78.0. The average molecular weight is 1380 g/mol. The molecule has 1 unspecified atom stereocenters. The van der Waals surface area contributed by atoms with Crippen molar-refractivity contribution in [2.24, 2.45) is 0 Å². The number of alkyl carbamates (subject to hydrolysis) is 2. The Hall–Kier alpha value is -4.15. The van der Waals surface area contributed by atoms with Crippen molar-refractivity contribution in [1.29, 1.82) is 0 Å². The van der Waals surface area contributed by atoms with Crippen LogP contribution in [0.4, 0.5) is 9.59 Å². The van der Waals surface area contributed by atoms with Gasteiger partial charge in [-0.3, -0.25) is 4.90 Å². The lowest BCUT2D eigenvalue weighted by molar-refractivity contribution is -0.146. The summed E-state index contributed by atoms with van der Waals surface area (Å²) in [4.78, 5) is 43.6. The lowest BCUT2D eigenvalue weighted by Crippen LogP contribution is -2.43. The van der Waals surface area contributed by atoms with E-state index >= 15 is 0 Å². The minimum absolute atomic E-state index is 0.0939. The van der Waals surface area contributed by atoms with Crippen molar-refractivity contribution in [3.63, 3.8) is 0 Å². The molecule has 0 aliphatic carbocycles. The van der Waals surface area contributed by atoms with Crippen molar-refractivity contribution >= 4 is 18.2 Å². The van der Waals surface area contributed by atoms with Gasteiger partial charge in [-0.2, -0.15) is 0 Å². The Bertz CT molecular complexity index is 1890. The van der Waals surface area contributed by atoms with Gasteiger partial charge in [0.1, 0.15) is 18.2 Å². The molecule has 1 heterocycles. The van der Waals surface area contributed by atoms with Gasteiger partial charge in [-0.15, -0.1) is 0 Å². The van der Waals surface area contributed by atoms with E-state index in [1.807, 2.05) is 0 Å². The molecule has 1 fully saturated rings. The molecule has 0 aromatic heterocycles. The molecule has 2 N–H and O–H groups in total. The van der Waals surface area contributed by atoms with Crippen LogP contribution in [0.5, 0.6) is 0 Å². The number of carbonyl (C=O) groups is 3. The Kier molecular flexibility index (Phi) is 73.2. The molecule has 99 heavy (non-hydrogen) atoms. The minimum atomic E-state index is -0.843. The second-order valence-corrected chi connectivity index (χ2v) is 28.6. The van der Waals surface area contributed by atoms with E-state index in [1.165, 1.54) is 205 Å². The molecule has 10 nitrogen and oxygen atoms in total. The Labute approximate surface area is 612 Å². The van der Waals surface area contributed by atoms with Gasteiger partial charge in [0, 0.05) is 26.2 Å². The summed E-state index contributed by atoms with van der Waals surface area (Å²) in [6.45, 7) is 13.8. The number of morpholine rings is 1. The number of esters is 1. The van der Waals surface area contributed by atoms with E-state index in [-0.39, 0.29) is 24.9 Å². The standard InChI is InChI=1S/C89H159N3O7/c1-5-9-13-17-21-25-29-33-37-41-45-49-53-57-61-65-72-84(73-66-62-58-54-50-46-42-38-34-30-26-22-18-14-10-6-2)98-88(94)90-77-70-69-76-86(87(93)97-81-71-78-92-79-82-96-83-80-92)91-89(95)99-85(74-67-63-59-55-51-47-43-39-35-31-27-23-19-15-11-7-3)75-68-64-60-56-52-48-44-40-36-32-28-24-20-16-12-8-4/h21-28,33-40,84-86H,5-20,29-32,41-83H2,1-4H3,(H,90,94)(H,91,95)/b25-21+,26-22+,27-23+,28-24+,37-33+,38-34+,39-35+,40-36+. The van der Waals surface area contributed by atoms with Crippen molar-refractivity contribution in [3.05, 3.63) is 97.2 Å². The monoisotopic (exact) mass is 1380 g/mol.